The number of hydrogen-bond acceptors (Lipinski definition) is 5. The number of ketones is 1. The van der Waals surface area contributed by atoms with Crippen molar-refractivity contribution in [1.29, 1.82) is 0 Å². The number of ether oxygens (including phenoxy) is 1. The van der Waals surface area contributed by atoms with E-state index in [9.17, 15) is 14.4 Å². The highest BCUT2D eigenvalue weighted by Crippen LogP contribution is 2.15. The Morgan fingerprint density at radius 2 is 1.80 bits per heavy atom. The molecule has 2 aromatic rings. The zero-order valence-electron chi connectivity index (χ0n) is 14.3. The summed E-state index contributed by atoms with van der Waals surface area (Å²) in [5.41, 5.74) is 1.68. The van der Waals surface area contributed by atoms with Crippen LogP contribution in [0.25, 0.3) is 0 Å². The van der Waals surface area contributed by atoms with E-state index in [1.807, 2.05) is 0 Å². The summed E-state index contributed by atoms with van der Waals surface area (Å²) in [6, 6.07) is 6.46. The topological polar surface area (TPSA) is 90.3 Å². The van der Waals surface area contributed by atoms with Gasteiger partial charge in [0.15, 0.2) is 6.10 Å². The van der Waals surface area contributed by atoms with Crippen LogP contribution in [0.2, 0.25) is 5.02 Å². The van der Waals surface area contributed by atoms with Crippen molar-refractivity contribution in [2.45, 2.75) is 26.9 Å². The standard InChI is InChI=1S/C17H18ClN3O4/c1-9-14(10(2)21(4)20-9)15(22)17(24)25-11(3)16(23)19-13-7-5-12(18)6-8-13/h5-8,11H,1-4H3,(H,19,23). The summed E-state index contributed by atoms with van der Waals surface area (Å²) in [5, 5.41) is 7.20. The first-order chi connectivity index (χ1) is 11.7. The number of aryl methyl sites for hydroxylation is 2. The molecule has 8 heteroatoms. The number of aromatic nitrogens is 2. The van der Waals surface area contributed by atoms with Gasteiger partial charge in [0.2, 0.25) is 0 Å². The number of anilines is 1. The van der Waals surface area contributed by atoms with Gasteiger partial charge >= 0.3 is 5.97 Å². The average Bonchev–Trinajstić information content (AvgIpc) is 2.81. The fourth-order valence-electron chi connectivity index (χ4n) is 2.25. The monoisotopic (exact) mass is 363 g/mol. The maximum atomic E-state index is 12.3. The van der Waals surface area contributed by atoms with Gasteiger partial charge in [0.1, 0.15) is 0 Å². The van der Waals surface area contributed by atoms with Crippen molar-refractivity contribution in [2.24, 2.45) is 7.05 Å². The molecular formula is C17H18ClN3O4. The third-order valence-electron chi connectivity index (χ3n) is 3.69. The zero-order valence-corrected chi connectivity index (χ0v) is 15.0. The van der Waals surface area contributed by atoms with Gasteiger partial charge in [-0.2, -0.15) is 5.10 Å². The van der Waals surface area contributed by atoms with Crippen LogP contribution in [0.5, 0.6) is 0 Å². The molecule has 0 saturated heterocycles. The van der Waals surface area contributed by atoms with Gasteiger partial charge < -0.3 is 10.1 Å². The molecule has 25 heavy (non-hydrogen) atoms. The highest BCUT2D eigenvalue weighted by molar-refractivity contribution is 6.41. The van der Waals surface area contributed by atoms with Gasteiger partial charge in [-0.3, -0.25) is 14.3 Å². The molecule has 1 atom stereocenters. The van der Waals surface area contributed by atoms with E-state index in [1.54, 1.807) is 45.2 Å². The third-order valence-corrected chi connectivity index (χ3v) is 3.94. The Morgan fingerprint density at radius 1 is 1.20 bits per heavy atom. The molecule has 0 aliphatic heterocycles. The van der Waals surface area contributed by atoms with Gasteiger partial charge in [-0.25, -0.2) is 4.79 Å². The number of carbonyl (C=O) groups excluding carboxylic acids is 3. The Hall–Kier alpha value is -2.67. The molecule has 132 valence electrons. The number of benzene rings is 1. The van der Waals surface area contributed by atoms with Crippen LogP contribution in [0.3, 0.4) is 0 Å². The van der Waals surface area contributed by atoms with E-state index in [0.29, 0.717) is 22.1 Å². The second-order valence-corrected chi connectivity index (χ2v) is 5.98. The van der Waals surface area contributed by atoms with Crippen molar-refractivity contribution in [3.05, 3.63) is 46.2 Å². The number of nitrogens with zero attached hydrogens (tertiary/aromatic N) is 2. The first-order valence-electron chi connectivity index (χ1n) is 7.52. The predicted octanol–water partition coefficient (Wildman–Crippen LogP) is 2.44. The SMILES string of the molecule is Cc1nn(C)c(C)c1C(=O)C(=O)OC(C)C(=O)Nc1ccc(Cl)cc1. The molecule has 1 unspecified atom stereocenters. The number of carbonyl (C=O) groups is 3. The molecule has 0 aliphatic carbocycles. The lowest BCUT2D eigenvalue weighted by atomic mass is 10.1. The van der Waals surface area contributed by atoms with Crippen LogP contribution in [-0.2, 0) is 21.4 Å². The maximum absolute atomic E-state index is 12.3. The van der Waals surface area contributed by atoms with Crippen LogP contribution in [0.4, 0.5) is 5.69 Å². The third kappa shape index (κ3) is 4.24. The minimum Gasteiger partial charge on any atom is -0.447 e. The highest BCUT2D eigenvalue weighted by Gasteiger charge is 2.28. The fourth-order valence-corrected chi connectivity index (χ4v) is 2.37. The van der Waals surface area contributed by atoms with Gasteiger partial charge in [0.25, 0.3) is 11.7 Å². The summed E-state index contributed by atoms with van der Waals surface area (Å²) in [6.07, 6.45) is -1.13. The lowest BCUT2D eigenvalue weighted by Crippen LogP contribution is -2.32. The first-order valence-corrected chi connectivity index (χ1v) is 7.90. The van der Waals surface area contributed by atoms with E-state index >= 15 is 0 Å². The molecule has 1 amide bonds. The molecule has 0 aliphatic rings. The minimum atomic E-state index is -1.13. The number of halogens is 1. The number of hydrogen-bond donors (Lipinski definition) is 1. The number of rotatable bonds is 5. The van der Waals surface area contributed by atoms with Crippen LogP contribution in [0.1, 0.15) is 28.7 Å². The van der Waals surface area contributed by atoms with Gasteiger partial charge in [-0.05, 0) is 45.0 Å². The maximum Gasteiger partial charge on any atom is 0.380 e. The van der Waals surface area contributed by atoms with Crippen molar-refractivity contribution in [1.82, 2.24) is 9.78 Å². The predicted molar refractivity (Wildman–Crippen MR) is 92.6 cm³/mol. The van der Waals surface area contributed by atoms with Crippen LogP contribution in [0, 0.1) is 13.8 Å². The van der Waals surface area contributed by atoms with Crippen molar-refractivity contribution in [3.63, 3.8) is 0 Å². The summed E-state index contributed by atoms with van der Waals surface area (Å²) in [6.45, 7) is 4.70. The van der Waals surface area contributed by atoms with E-state index in [0.717, 1.165) is 0 Å². The summed E-state index contributed by atoms with van der Waals surface area (Å²) in [5.74, 6) is -2.48. The summed E-state index contributed by atoms with van der Waals surface area (Å²) >= 11 is 5.77. The fraction of sp³-hybridized carbons (Fsp3) is 0.294. The molecule has 1 N–H and O–H groups in total. The molecule has 1 aromatic carbocycles. The quantitative estimate of drug-likeness (QED) is 0.500. The van der Waals surface area contributed by atoms with Crippen LogP contribution in [-0.4, -0.2) is 33.5 Å². The van der Waals surface area contributed by atoms with Gasteiger partial charge in [-0.1, -0.05) is 11.6 Å². The summed E-state index contributed by atoms with van der Waals surface area (Å²) in [4.78, 5) is 36.4. The highest BCUT2D eigenvalue weighted by atomic mass is 35.5. The summed E-state index contributed by atoms with van der Waals surface area (Å²) < 4.78 is 6.49. The molecule has 1 heterocycles. The molecule has 0 radical (unpaired) electrons. The molecule has 1 aromatic heterocycles. The molecule has 0 saturated carbocycles. The number of nitrogens with one attached hydrogen (secondary N) is 1. The van der Waals surface area contributed by atoms with Gasteiger partial charge in [-0.15, -0.1) is 0 Å². The largest absolute Gasteiger partial charge is 0.447 e. The Bertz CT molecular complexity index is 827. The number of amides is 1. The van der Waals surface area contributed by atoms with Crippen LogP contribution < -0.4 is 5.32 Å². The molecule has 2 rings (SSSR count). The van der Waals surface area contributed by atoms with Crippen molar-refractivity contribution < 1.29 is 19.1 Å². The molecule has 0 bridgehead atoms. The van der Waals surface area contributed by atoms with E-state index in [1.165, 1.54) is 11.6 Å². The minimum absolute atomic E-state index is 0.192. The van der Waals surface area contributed by atoms with E-state index in [4.69, 9.17) is 16.3 Å². The molecule has 0 fully saturated rings. The van der Waals surface area contributed by atoms with E-state index in [-0.39, 0.29) is 5.56 Å². The smallest absolute Gasteiger partial charge is 0.380 e. The Morgan fingerprint density at radius 3 is 2.32 bits per heavy atom. The molecule has 0 spiro atoms. The van der Waals surface area contributed by atoms with Crippen molar-refractivity contribution in [3.8, 4) is 0 Å². The molecular weight excluding hydrogens is 346 g/mol. The Balaban J connectivity index is 2.02. The zero-order chi connectivity index (χ0) is 18.7. The number of Topliss-reactive ketones (excluding diaryl/α,β-unsaturated/α-hetero) is 1. The van der Waals surface area contributed by atoms with Crippen LogP contribution in [0.15, 0.2) is 24.3 Å². The second-order valence-electron chi connectivity index (χ2n) is 5.54. The molecule has 7 nitrogen and oxygen atoms in total. The van der Waals surface area contributed by atoms with Crippen LogP contribution >= 0.6 is 11.6 Å². The summed E-state index contributed by atoms with van der Waals surface area (Å²) in [7, 11) is 1.67. The Kier molecular flexibility index (Phi) is 5.58. The van der Waals surface area contributed by atoms with Gasteiger partial charge in [0.05, 0.1) is 11.3 Å². The van der Waals surface area contributed by atoms with Crippen molar-refractivity contribution >= 4 is 34.9 Å². The van der Waals surface area contributed by atoms with E-state index in [2.05, 4.69) is 10.4 Å². The van der Waals surface area contributed by atoms with E-state index < -0.39 is 23.8 Å². The average molecular weight is 364 g/mol. The van der Waals surface area contributed by atoms with Crippen molar-refractivity contribution in [2.75, 3.05) is 5.32 Å². The lowest BCUT2D eigenvalue weighted by molar-refractivity contribution is -0.148. The Labute approximate surface area is 149 Å². The number of esters is 1. The lowest BCUT2D eigenvalue weighted by Gasteiger charge is -2.13. The second kappa shape index (κ2) is 7.48. The first kappa shape index (κ1) is 18.7. The van der Waals surface area contributed by atoms with Gasteiger partial charge in [0, 0.05) is 23.5 Å². The normalized spacial score (nSPS) is 11.7.